The molecular weight excluding hydrogens is 418 g/mol. The summed E-state index contributed by atoms with van der Waals surface area (Å²) in [6.45, 7) is 4.13. The van der Waals surface area contributed by atoms with Crippen LogP contribution in [0, 0.1) is 11.3 Å². The first kappa shape index (κ1) is 21.0. The number of pyridine rings is 2. The summed E-state index contributed by atoms with van der Waals surface area (Å²) in [4.78, 5) is 9.01. The maximum Gasteiger partial charge on any atom is 0.164 e. The minimum Gasteiger partial charge on any atom is -0.391 e. The molecule has 1 saturated carbocycles. The standard InChI is InChI=1S/C23H25N9O/c1-14(2)28-18-8-22(32-23-16(11-27-32)7-15(9-24)10-26-23)25-12-17(18)19-13-31(30-29-19)20-5-3-4-6-21(20)33/h7-8,10-14,20-21,33H,3-6H2,1-2H3,(H,25,28)/t20-,21-/m1/s1. The van der Waals surface area contributed by atoms with Crippen molar-refractivity contribution >= 4 is 16.7 Å². The van der Waals surface area contributed by atoms with Crippen LogP contribution in [-0.2, 0) is 0 Å². The maximum atomic E-state index is 10.4. The normalized spacial score (nSPS) is 18.5. The molecule has 0 radical (unpaired) electrons. The van der Waals surface area contributed by atoms with Gasteiger partial charge in [0.2, 0.25) is 0 Å². The molecule has 1 aliphatic rings. The van der Waals surface area contributed by atoms with Crippen molar-refractivity contribution in [2.75, 3.05) is 5.32 Å². The van der Waals surface area contributed by atoms with E-state index in [1.807, 2.05) is 12.3 Å². The highest BCUT2D eigenvalue weighted by Crippen LogP contribution is 2.32. The zero-order valence-electron chi connectivity index (χ0n) is 18.5. The van der Waals surface area contributed by atoms with Crippen LogP contribution in [0.5, 0.6) is 0 Å². The average Bonchev–Trinajstić information content (AvgIpc) is 3.46. The van der Waals surface area contributed by atoms with E-state index in [1.54, 1.807) is 27.8 Å². The summed E-state index contributed by atoms with van der Waals surface area (Å²) in [5, 5.41) is 36.9. The topological polar surface area (TPSA) is 130 Å². The molecule has 0 unspecified atom stereocenters. The van der Waals surface area contributed by atoms with Gasteiger partial charge in [0.05, 0.1) is 30.1 Å². The van der Waals surface area contributed by atoms with Crippen LogP contribution < -0.4 is 5.32 Å². The summed E-state index contributed by atoms with van der Waals surface area (Å²) in [7, 11) is 0. The van der Waals surface area contributed by atoms with Crippen molar-refractivity contribution in [2.45, 2.75) is 57.7 Å². The largest absolute Gasteiger partial charge is 0.391 e. The molecule has 4 heterocycles. The summed E-state index contributed by atoms with van der Waals surface area (Å²) in [5.74, 6) is 0.601. The number of nitrogens with zero attached hydrogens (tertiary/aromatic N) is 8. The fourth-order valence-corrected chi connectivity index (χ4v) is 4.31. The number of aliphatic hydroxyl groups excluding tert-OH is 1. The first-order chi connectivity index (χ1) is 16.0. The van der Waals surface area contributed by atoms with Crippen molar-refractivity contribution in [3.63, 3.8) is 0 Å². The lowest BCUT2D eigenvalue weighted by Crippen LogP contribution is -2.27. The number of rotatable bonds is 5. The molecule has 0 aromatic carbocycles. The SMILES string of the molecule is CC(C)Nc1cc(-n2ncc3cc(C#N)cnc32)ncc1-c1cn([C@@H]2CCCC[C@H]2O)nn1. The molecule has 0 amide bonds. The molecular formula is C23H25N9O. The number of aromatic nitrogens is 7. The fraction of sp³-hybridized carbons (Fsp3) is 0.391. The summed E-state index contributed by atoms with van der Waals surface area (Å²) < 4.78 is 3.44. The number of nitrogens with one attached hydrogen (secondary N) is 1. The Kier molecular flexibility index (Phi) is 5.48. The van der Waals surface area contributed by atoms with E-state index in [9.17, 15) is 5.11 Å². The number of fused-ring (bicyclic) bond motifs is 1. The molecule has 1 aliphatic carbocycles. The van der Waals surface area contributed by atoms with E-state index in [1.165, 1.54) is 6.20 Å². The van der Waals surface area contributed by atoms with Crippen molar-refractivity contribution in [1.82, 2.24) is 34.7 Å². The molecule has 0 bridgehead atoms. The van der Waals surface area contributed by atoms with Crippen molar-refractivity contribution < 1.29 is 5.11 Å². The maximum absolute atomic E-state index is 10.4. The van der Waals surface area contributed by atoms with Gasteiger partial charge in [0, 0.05) is 41.1 Å². The van der Waals surface area contributed by atoms with Gasteiger partial charge in [-0.1, -0.05) is 18.1 Å². The Morgan fingerprint density at radius 1 is 1.15 bits per heavy atom. The van der Waals surface area contributed by atoms with E-state index in [2.05, 4.69) is 50.6 Å². The van der Waals surface area contributed by atoms with Crippen molar-refractivity contribution in [3.8, 4) is 23.1 Å². The number of hydrogen-bond donors (Lipinski definition) is 2. The Morgan fingerprint density at radius 2 is 2.00 bits per heavy atom. The van der Waals surface area contributed by atoms with E-state index >= 15 is 0 Å². The third-order valence-electron chi connectivity index (χ3n) is 5.91. The Hall–Kier alpha value is -3.84. The lowest BCUT2D eigenvalue weighted by atomic mass is 9.93. The molecule has 0 aliphatic heterocycles. The van der Waals surface area contributed by atoms with E-state index < -0.39 is 6.10 Å². The van der Waals surface area contributed by atoms with Crippen molar-refractivity contribution in [2.24, 2.45) is 0 Å². The van der Waals surface area contributed by atoms with Crippen LogP contribution in [0.25, 0.3) is 28.1 Å². The molecule has 10 heteroatoms. The molecule has 2 N–H and O–H groups in total. The molecule has 10 nitrogen and oxygen atoms in total. The number of anilines is 1. The molecule has 4 aromatic rings. The van der Waals surface area contributed by atoms with Gasteiger partial charge >= 0.3 is 0 Å². The van der Waals surface area contributed by atoms with Gasteiger partial charge in [-0.15, -0.1) is 5.10 Å². The first-order valence-corrected chi connectivity index (χ1v) is 11.1. The quantitative estimate of drug-likeness (QED) is 0.481. The molecule has 168 valence electrons. The molecule has 0 saturated heterocycles. The van der Waals surface area contributed by atoms with Crippen LogP contribution in [0.3, 0.4) is 0 Å². The van der Waals surface area contributed by atoms with Crippen LogP contribution in [-0.4, -0.2) is 52.0 Å². The minimum absolute atomic E-state index is 0.0476. The molecule has 5 rings (SSSR count). The van der Waals surface area contributed by atoms with E-state index in [-0.39, 0.29) is 12.1 Å². The zero-order valence-corrected chi connectivity index (χ0v) is 18.5. The summed E-state index contributed by atoms with van der Waals surface area (Å²) in [6.07, 6.45) is 10.2. The number of nitriles is 1. The van der Waals surface area contributed by atoms with Gasteiger partial charge in [-0.2, -0.15) is 15.0 Å². The molecule has 4 aromatic heterocycles. The Balaban J connectivity index is 1.53. The second-order valence-electron chi connectivity index (χ2n) is 8.70. The van der Waals surface area contributed by atoms with Gasteiger partial charge in [0.1, 0.15) is 11.8 Å². The van der Waals surface area contributed by atoms with Crippen LogP contribution in [0.1, 0.15) is 51.1 Å². The highest BCUT2D eigenvalue weighted by atomic mass is 16.3. The van der Waals surface area contributed by atoms with Crippen LogP contribution in [0.2, 0.25) is 0 Å². The van der Waals surface area contributed by atoms with Crippen molar-refractivity contribution in [1.29, 1.82) is 5.26 Å². The van der Waals surface area contributed by atoms with Crippen molar-refractivity contribution in [3.05, 3.63) is 42.5 Å². The summed E-state index contributed by atoms with van der Waals surface area (Å²) >= 11 is 0. The first-order valence-electron chi connectivity index (χ1n) is 11.1. The lowest BCUT2D eigenvalue weighted by Gasteiger charge is -2.27. The van der Waals surface area contributed by atoms with E-state index in [0.29, 0.717) is 22.7 Å². The van der Waals surface area contributed by atoms with Crippen LogP contribution in [0.4, 0.5) is 5.69 Å². The molecule has 1 fully saturated rings. The van der Waals surface area contributed by atoms with Gasteiger partial charge in [-0.05, 0) is 32.8 Å². The Bertz CT molecular complexity index is 1330. The zero-order chi connectivity index (χ0) is 22.9. The second-order valence-corrected chi connectivity index (χ2v) is 8.70. The van der Waals surface area contributed by atoms with Crippen LogP contribution in [0.15, 0.2) is 36.9 Å². The second kappa shape index (κ2) is 8.60. The van der Waals surface area contributed by atoms with Gasteiger partial charge in [-0.25, -0.2) is 14.6 Å². The fourth-order valence-electron chi connectivity index (χ4n) is 4.31. The van der Waals surface area contributed by atoms with Gasteiger partial charge in [-0.3, -0.25) is 0 Å². The monoisotopic (exact) mass is 443 g/mol. The molecule has 0 spiro atoms. The third-order valence-corrected chi connectivity index (χ3v) is 5.91. The van der Waals surface area contributed by atoms with Gasteiger partial charge in [0.15, 0.2) is 11.5 Å². The smallest absolute Gasteiger partial charge is 0.164 e. The predicted molar refractivity (Wildman–Crippen MR) is 123 cm³/mol. The summed E-state index contributed by atoms with van der Waals surface area (Å²) in [6, 6.07) is 5.90. The van der Waals surface area contributed by atoms with Gasteiger partial charge in [0.25, 0.3) is 0 Å². The Labute approximate surface area is 190 Å². The van der Waals surface area contributed by atoms with Crippen LogP contribution >= 0.6 is 0 Å². The minimum atomic E-state index is -0.399. The van der Waals surface area contributed by atoms with E-state index in [0.717, 1.165) is 42.3 Å². The molecule has 2 atom stereocenters. The number of hydrogen-bond acceptors (Lipinski definition) is 8. The Morgan fingerprint density at radius 3 is 2.79 bits per heavy atom. The predicted octanol–water partition coefficient (Wildman–Crippen LogP) is 3.24. The lowest BCUT2D eigenvalue weighted by molar-refractivity contribution is 0.0685. The highest BCUT2D eigenvalue weighted by Gasteiger charge is 2.26. The number of aliphatic hydroxyl groups is 1. The van der Waals surface area contributed by atoms with E-state index in [4.69, 9.17) is 5.26 Å². The van der Waals surface area contributed by atoms with Gasteiger partial charge < -0.3 is 10.4 Å². The average molecular weight is 444 g/mol. The third kappa shape index (κ3) is 4.03. The molecule has 33 heavy (non-hydrogen) atoms. The highest BCUT2D eigenvalue weighted by molar-refractivity contribution is 5.79. The summed E-state index contributed by atoms with van der Waals surface area (Å²) in [5.41, 5.74) is 3.47.